The maximum absolute atomic E-state index is 11.9. The fraction of sp³-hybridized carbons (Fsp3) is 0.208. The molecule has 0 spiro atoms. The molecule has 0 bridgehead atoms. The first-order valence-electron chi connectivity index (χ1n) is 10.2. The van der Waals surface area contributed by atoms with Gasteiger partial charge in [0.25, 0.3) is 5.89 Å². The van der Waals surface area contributed by atoms with Crippen LogP contribution >= 0.6 is 11.6 Å². The minimum absolute atomic E-state index is 0.0111. The van der Waals surface area contributed by atoms with Crippen molar-refractivity contribution in [3.05, 3.63) is 77.4 Å². The normalized spacial score (nSPS) is 12.3. The smallest absolute Gasteiger partial charge is 0.266 e. The van der Waals surface area contributed by atoms with Crippen molar-refractivity contribution in [2.45, 2.75) is 24.7 Å². The van der Waals surface area contributed by atoms with Gasteiger partial charge in [-0.3, -0.25) is 5.41 Å². The van der Waals surface area contributed by atoms with E-state index in [9.17, 15) is 8.42 Å². The highest BCUT2D eigenvalue weighted by molar-refractivity contribution is 7.90. The largest absolute Gasteiger partial charge is 0.495 e. The number of methoxy groups -OCH3 is 1. The van der Waals surface area contributed by atoms with Crippen LogP contribution in [-0.4, -0.2) is 37.7 Å². The van der Waals surface area contributed by atoms with Crippen molar-refractivity contribution in [1.82, 2.24) is 10.2 Å². The summed E-state index contributed by atoms with van der Waals surface area (Å²) in [6, 6.07) is 13.8. The van der Waals surface area contributed by atoms with E-state index in [1.807, 2.05) is 24.3 Å². The van der Waals surface area contributed by atoms with Crippen molar-refractivity contribution in [2.24, 2.45) is 0 Å². The third-order valence-electron chi connectivity index (χ3n) is 4.95. The molecule has 10 heteroatoms. The van der Waals surface area contributed by atoms with E-state index in [2.05, 4.69) is 35.9 Å². The lowest BCUT2D eigenvalue weighted by atomic mass is 10.0. The first kappa shape index (κ1) is 25.2. The van der Waals surface area contributed by atoms with Crippen LogP contribution in [0.25, 0.3) is 17.2 Å². The second-order valence-corrected chi connectivity index (χ2v) is 10.2. The van der Waals surface area contributed by atoms with E-state index in [-0.39, 0.29) is 44.8 Å². The molecule has 8 nitrogen and oxygen atoms in total. The van der Waals surface area contributed by atoms with Crippen LogP contribution in [0.5, 0.6) is 0 Å². The maximum atomic E-state index is 11.9. The highest BCUT2D eigenvalue weighted by Gasteiger charge is 2.22. The van der Waals surface area contributed by atoms with Crippen LogP contribution in [0, 0.1) is 5.41 Å². The van der Waals surface area contributed by atoms with Crippen LogP contribution in [0.15, 0.2) is 75.2 Å². The zero-order valence-electron chi connectivity index (χ0n) is 19.2. The number of nitrogens with one attached hydrogen (secondary N) is 2. The van der Waals surface area contributed by atoms with E-state index >= 15 is 0 Å². The number of rotatable bonds is 9. The number of nitrogens with zero attached hydrogens (tertiary/aromatic N) is 2. The molecule has 0 fully saturated rings. The number of para-hydroxylation sites is 1. The molecule has 2 aromatic carbocycles. The molecule has 34 heavy (non-hydrogen) atoms. The van der Waals surface area contributed by atoms with Crippen molar-refractivity contribution < 1.29 is 17.6 Å². The molecule has 0 saturated carbocycles. The van der Waals surface area contributed by atoms with Crippen molar-refractivity contribution >= 4 is 38.5 Å². The van der Waals surface area contributed by atoms with Gasteiger partial charge in [-0.2, -0.15) is 0 Å². The molecule has 1 heterocycles. The van der Waals surface area contributed by atoms with Gasteiger partial charge in [0.15, 0.2) is 9.84 Å². The van der Waals surface area contributed by atoms with Crippen LogP contribution in [0.2, 0.25) is 0 Å². The summed E-state index contributed by atoms with van der Waals surface area (Å²) in [6.07, 6.45) is 1.12. The predicted molar refractivity (Wildman–Crippen MR) is 134 cm³/mol. The molecule has 3 aromatic rings. The first-order chi connectivity index (χ1) is 16.0. The minimum Gasteiger partial charge on any atom is -0.495 e. The predicted octanol–water partition coefficient (Wildman–Crippen LogP) is 5.46. The van der Waals surface area contributed by atoms with Crippen molar-refractivity contribution in [3.63, 3.8) is 0 Å². The standard InChI is InChI=1S/C24H25ClN4O4S/c1-14(2)18-11-6-7-12-19(18)27-22(20(25)21(26)15(3)32-4)24-29-28-23(33-24)16-9-8-10-17(13-16)34(5,30)31/h6-14,26-27H,3H2,1-2,4-5H3/b22-20+,26-21?. The molecule has 0 radical (unpaired) electrons. The first-order valence-corrected chi connectivity index (χ1v) is 12.5. The van der Waals surface area contributed by atoms with Gasteiger partial charge in [0.05, 0.1) is 17.0 Å². The summed E-state index contributed by atoms with van der Waals surface area (Å²) in [6.45, 7) is 7.80. The average molecular weight is 501 g/mol. The number of ether oxygens (including phenoxy) is 1. The van der Waals surface area contributed by atoms with Gasteiger partial charge in [0.1, 0.15) is 17.2 Å². The van der Waals surface area contributed by atoms with Crippen LogP contribution in [0.3, 0.4) is 0 Å². The highest BCUT2D eigenvalue weighted by atomic mass is 35.5. The zero-order valence-corrected chi connectivity index (χ0v) is 20.8. The summed E-state index contributed by atoms with van der Waals surface area (Å²) in [4.78, 5) is 0.126. The Bertz CT molecular complexity index is 1380. The molecule has 0 unspecified atom stereocenters. The van der Waals surface area contributed by atoms with E-state index in [0.29, 0.717) is 5.56 Å². The molecule has 0 amide bonds. The van der Waals surface area contributed by atoms with E-state index in [0.717, 1.165) is 17.5 Å². The van der Waals surface area contributed by atoms with Gasteiger partial charge < -0.3 is 14.5 Å². The number of allylic oxidation sites excluding steroid dienone is 1. The van der Waals surface area contributed by atoms with E-state index in [1.165, 1.54) is 19.2 Å². The summed E-state index contributed by atoms with van der Waals surface area (Å²) in [7, 11) is -2.03. The Morgan fingerprint density at radius 1 is 1.18 bits per heavy atom. The van der Waals surface area contributed by atoms with Gasteiger partial charge >= 0.3 is 0 Å². The number of aromatic nitrogens is 2. The second kappa shape index (κ2) is 10.2. The third-order valence-corrected chi connectivity index (χ3v) is 6.44. The second-order valence-electron chi connectivity index (χ2n) is 7.77. The Balaban J connectivity index is 2.12. The van der Waals surface area contributed by atoms with Crippen molar-refractivity contribution in [1.29, 1.82) is 5.41 Å². The number of halogens is 1. The lowest BCUT2D eigenvalue weighted by Crippen LogP contribution is -2.11. The summed E-state index contributed by atoms with van der Waals surface area (Å²) in [5.41, 5.74) is 2.22. The Kier molecular flexibility index (Phi) is 7.58. The monoisotopic (exact) mass is 500 g/mol. The molecule has 0 aliphatic rings. The van der Waals surface area contributed by atoms with E-state index in [4.69, 9.17) is 26.2 Å². The topological polar surface area (TPSA) is 118 Å². The zero-order chi connectivity index (χ0) is 25.0. The molecule has 2 N–H and O–H groups in total. The summed E-state index contributed by atoms with van der Waals surface area (Å²) < 4.78 is 34.8. The van der Waals surface area contributed by atoms with E-state index in [1.54, 1.807) is 12.1 Å². The summed E-state index contributed by atoms with van der Waals surface area (Å²) in [5.74, 6) is 0.367. The van der Waals surface area contributed by atoms with Gasteiger partial charge in [0.2, 0.25) is 5.89 Å². The third kappa shape index (κ3) is 5.55. The number of benzene rings is 2. The molecule has 0 atom stereocenters. The molecule has 0 aliphatic carbocycles. The van der Waals surface area contributed by atoms with Gasteiger partial charge in [-0.15, -0.1) is 10.2 Å². The number of sulfone groups is 1. The lowest BCUT2D eigenvalue weighted by molar-refractivity contribution is 0.317. The highest BCUT2D eigenvalue weighted by Crippen LogP contribution is 2.32. The van der Waals surface area contributed by atoms with Gasteiger partial charge in [0, 0.05) is 17.5 Å². The fourth-order valence-electron chi connectivity index (χ4n) is 3.10. The van der Waals surface area contributed by atoms with Crippen LogP contribution in [0.1, 0.15) is 31.2 Å². The van der Waals surface area contributed by atoms with Crippen LogP contribution in [0.4, 0.5) is 5.69 Å². The quantitative estimate of drug-likeness (QED) is 0.295. The summed E-state index contributed by atoms with van der Waals surface area (Å²) >= 11 is 6.57. The Labute approximate surface area is 203 Å². The van der Waals surface area contributed by atoms with Crippen LogP contribution < -0.4 is 5.32 Å². The molecule has 0 aliphatic heterocycles. The molecule has 1 aromatic heterocycles. The molecule has 178 valence electrons. The van der Waals surface area contributed by atoms with Gasteiger partial charge in [-0.25, -0.2) is 8.42 Å². The molecule has 3 rings (SSSR count). The molecule has 0 saturated heterocycles. The average Bonchev–Trinajstić information content (AvgIpc) is 3.30. The summed E-state index contributed by atoms with van der Waals surface area (Å²) in [5, 5.41) is 19.7. The Morgan fingerprint density at radius 3 is 2.53 bits per heavy atom. The number of hydrogen-bond donors (Lipinski definition) is 2. The SMILES string of the molecule is C=C(OC)C(=N)/C(Cl)=C(\Nc1ccccc1C(C)C)c1nnc(-c2cccc(S(C)(=O)=O)c2)o1. The van der Waals surface area contributed by atoms with Crippen molar-refractivity contribution in [2.75, 3.05) is 18.7 Å². The van der Waals surface area contributed by atoms with Gasteiger partial charge in [-0.05, 0) is 35.7 Å². The van der Waals surface area contributed by atoms with E-state index < -0.39 is 9.84 Å². The fourth-order valence-corrected chi connectivity index (χ4v) is 4.00. The van der Waals surface area contributed by atoms with Crippen LogP contribution in [-0.2, 0) is 14.6 Å². The molecular weight excluding hydrogens is 476 g/mol. The maximum Gasteiger partial charge on any atom is 0.266 e. The van der Waals surface area contributed by atoms with Crippen molar-refractivity contribution in [3.8, 4) is 11.5 Å². The minimum atomic E-state index is -3.42. The lowest BCUT2D eigenvalue weighted by Gasteiger charge is -2.17. The molecular formula is C24H25ClN4O4S. The Hall–Kier alpha value is -3.43. The Morgan fingerprint density at radius 2 is 1.88 bits per heavy atom. The van der Waals surface area contributed by atoms with Gasteiger partial charge in [-0.1, -0.05) is 56.3 Å². The number of anilines is 1. The number of hydrogen-bond acceptors (Lipinski definition) is 8.